The topological polar surface area (TPSA) is 63.8 Å². The minimum absolute atomic E-state index is 0.490. The molecule has 0 saturated carbocycles. The van der Waals surface area contributed by atoms with Crippen molar-refractivity contribution in [2.75, 3.05) is 11.1 Å². The van der Waals surface area contributed by atoms with Crippen molar-refractivity contribution in [2.24, 2.45) is 0 Å². The van der Waals surface area contributed by atoms with Crippen LogP contribution in [0.5, 0.6) is 0 Å². The Labute approximate surface area is 111 Å². The Balaban J connectivity index is 1.86. The largest absolute Gasteiger partial charge is 0.384 e. The van der Waals surface area contributed by atoms with E-state index in [9.17, 15) is 0 Å². The molecule has 2 aromatic carbocycles. The van der Waals surface area contributed by atoms with Crippen molar-refractivity contribution in [1.82, 2.24) is 9.97 Å². The molecule has 0 saturated heterocycles. The second-order valence-electron chi connectivity index (χ2n) is 4.28. The van der Waals surface area contributed by atoms with Gasteiger partial charge in [-0.2, -0.15) is 0 Å². The van der Waals surface area contributed by atoms with Gasteiger partial charge in [-0.15, -0.1) is 0 Å². The normalized spacial score (nSPS) is 10.5. The number of nitrogens with two attached hydrogens (primary N) is 1. The molecule has 94 valence electrons. The van der Waals surface area contributed by atoms with Crippen molar-refractivity contribution in [3.63, 3.8) is 0 Å². The van der Waals surface area contributed by atoms with Gasteiger partial charge in [-0.25, -0.2) is 9.97 Å². The second kappa shape index (κ2) is 4.94. The SMILES string of the molecule is Nc1ccnc(CNc2cccc3ccccc23)n1. The van der Waals surface area contributed by atoms with Crippen LogP contribution in [0.15, 0.2) is 54.7 Å². The highest BCUT2D eigenvalue weighted by molar-refractivity contribution is 5.93. The number of nitrogens with one attached hydrogen (secondary N) is 1. The summed E-state index contributed by atoms with van der Waals surface area (Å²) in [6.07, 6.45) is 1.67. The molecule has 4 heteroatoms. The average molecular weight is 250 g/mol. The van der Waals surface area contributed by atoms with Gasteiger partial charge in [-0.05, 0) is 17.5 Å². The molecule has 0 aliphatic carbocycles. The highest BCUT2D eigenvalue weighted by Gasteiger charge is 2.01. The fourth-order valence-electron chi connectivity index (χ4n) is 2.05. The van der Waals surface area contributed by atoms with Crippen LogP contribution >= 0.6 is 0 Å². The van der Waals surface area contributed by atoms with Crippen molar-refractivity contribution in [3.05, 3.63) is 60.6 Å². The van der Waals surface area contributed by atoms with Crippen molar-refractivity contribution < 1.29 is 0 Å². The maximum absolute atomic E-state index is 5.64. The first kappa shape index (κ1) is 11.5. The van der Waals surface area contributed by atoms with Crippen LogP contribution in [0.2, 0.25) is 0 Å². The third kappa shape index (κ3) is 2.47. The maximum Gasteiger partial charge on any atom is 0.149 e. The molecule has 0 fully saturated rings. The molecule has 3 aromatic rings. The molecule has 0 radical (unpaired) electrons. The zero-order chi connectivity index (χ0) is 13.1. The first-order chi connectivity index (χ1) is 9.33. The summed E-state index contributed by atoms with van der Waals surface area (Å²) in [7, 11) is 0. The van der Waals surface area contributed by atoms with Crippen LogP contribution < -0.4 is 11.1 Å². The molecule has 0 aliphatic rings. The van der Waals surface area contributed by atoms with Gasteiger partial charge in [0.15, 0.2) is 0 Å². The molecule has 1 aromatic heterocycles. The Bertz CT molecular complexity index is 704. The van der Waals surface area contributed by atoms with Crippen LogP contribution in [0.4, 0.5) is 11.5 Å². The summed E-state index contributed by atoms with van der Waals surface area (Å²) in [5, 5.41) is 5.75. The molecule has 3 N–H and O–H groups in total. The first-order valence-corrected chi connectivity index (χ1v) is 6.12. The van der Waals surface area contributed by atoms with Gasteiger partial charge in [-0.3, -0.25) is 0 Å². The standard InChI is InChI=1S/C15H14N4/c16-14-8-9-17-15(19-14)10-18-13-7-3-5-11-4-1-2-6-12(11)13/h1-9,18H,10H2,(H2,16,17,19). The number of benzene rings is 2. The average Bonchev–Trinajstić information content (AvgIpc) is 2.45. The maximum atomic E-state index is 5.64. The number of aromatic nitrogens is 2. The Morgan fingerprint density at radius 3 is 2.74 bits per heavy atom. The minimum atomic E-state index is 0.490. The number of hydrogen-bond acceptors (Lipinski definition) is 4. The van der Waals surface area contributed by atoms with E-state index in [0.29, 0.717) is 18.2 Å². The molecule has 4 nitrogen and oxygen atoms in total. The molecule has 1 heterocycles. The highest BCUT2D eigenvalue weighted by Crippen LogP contribution is 2.23. The summed E-state index contributed by atoms with van der Waals surface area (Å²) in [4.78, 5) is 8.35. The summed E-state index contributed by atoms with van der Waals surface area (Å²) < 4.78 is 0. The summed E-state index contributed by atoms with van der Waals surface area (Å²) in [5.74, 6) is 1.18. The van der Waals surface area contributed by atoms with E-state index in [1.807, 2.05) is 18.2 Å². The number of rotatable bonds is 3. The molecule has 0 amide bonds. The van der Waals surface area contributed by atoms with Gasteiger partial charge in [0.05, 0.1) is 6.54 Å². The van der Waals surface area contributed by atoms with Crippen molar-refractivity contribution in [3.8, 4) is 0 Å². The van der Waals surface area contributed by atoms with E-state index in [1.54, 1.807) is 12.3 Å². The molecule has 0 bridgehead atoms. The van der Waals surface area contributed by atoms with E-state index in [0.717, 1.165) is 5.69 Å². The van der Waals surface area contributed by atoms with Crippen LogP contribution in [0, 0.1) is 0 Å². The third-order valence-corrected chi connectivity index (χ3v) is 2.95. The van der Waals surface area contributed by atoms with Crippen LogP contribution in [-0.4, -0.2) is 9.97 Å². The molecule has 0 unspecified atom stereocenters. The lowest BCUT2D eigenvalue weighted by Gasteiger charge is -2.09. The fraction of sp³-hybridized carbons (Fsp3) is 0.0667. The number of hydrogen-bond donors (Lipinski definition) is 2. The van der Waals surface area contributed by atoms with Crippen LogP contribution in [-0.2, 0) is 6.54 Å². The quantitative estimate of drug-likeness (QED) is 0.750. The van der Waals surface area contributed by atoms with Crippen molar-refractivity contribution in [2.45, 2.75) is 6.54 Å². The van der Waals surface area contributed by atoms with Gasteiger partial charge < -0.3 is 11.1 Å². The Morgan fingerprint density at radius 2 is 1.84 bits per heavy atom. The van der Waals surface area contributed by atoms with E-state index in [4.69, 9.17) is 5.73 Å². The molecule has 19 heavy (non-hydrogen) atoms. The van der Waals surface area contributed by atoms with Gasteiger partial charge in [0.25, 0.3) is 0 Å². The van der Waals surface area contributed by atoms with Gasteiger partial charge in [0, 0.05) is 17.3 Å². The van der Waals surface area contributed by atoms with Crippen LogP contribution in [0.25, 0.3) is 10.8 Å². The monoisotopic (exact) mass is 250 g/mol. The van der Waals surface area contributed by atoms with Crippen molar-refractivity contribution in [1.29, 1.82) is 0 Å². The zero-order valence-corrected chi connectivity index (χ0v) is 10.4. The van der Waals surface area contributed by atoms with E-state index >= 15 is 0 Å². The lowest BCUT2D eigenvalue weighted by Crippen LogP contribution is -2.05. The van der Waals surface area contributed by atoms with E-state index in [-0.39, 0.29) is 0 Å². The van der Waals surface area contributed by atoms with Gasteiger partial charge >= 0.3 is 0 Å². The molecule has 0 atom stereocenters. The minimum Gasteiger partial charge on any atom is -0.384 e. The van der Waals surface area contributed by atoms with Crippen LogP contribution in [0.3, 0.4) is 0 Å². The summed E-state index contributed by atoms with van der Waals surface area (Å²) in [5.41, 5.74) is 6.71. The molecule has 3 rings (SSSR count). The molecule has 0 spiro atoms. The van der Waals surface area contributed by atoms with Gasteiger partial charge in [-0.1, -0.05) is 36.4 Å². The predicted octanol–water partition coefficient (Wildman–Crippen LogP) is 2.82. The third-order valence-electron chi connectivity index (χ3n) is 2.95. The number of anilines is 2. The van der Waals surface area contributed by atoms with E-state index in [2.05, 4.69) is 39.6 Å². The highest BCUT2D eigenvalue weighted by atomic mass is 15.0. The summed E-state index contributed by atoms with van der Waals surface area (Å²) in [6.45, 7) is 0.555. The number of nitrogen functional groups attached to an aromatic ring is 1. The van der Waals surface area contributed by atoms with E-state index < -0.39 is 0 Å². The second-order valence-corrected chi connectivity index (χ2v) is 4.28. The fourth-order valence-corrected chi connectivity index (χ4v) is 2.05. The smallest absolute Gasteiger partial charge is 0.149 e. The van der Waals surface area contributed by atoms with E-state index in [1.165, 1.54) is 10.8 Å². The Kier molecular flexibility index (Phi) is 2.98. The molecular formula is C15H14N4. The summed E-state index contributed by atoms with van der Waals surface area (Å²) in [6, 6.07) is 16.1. The first-order valence-electron chi connectivity index (χ1n) is 6.12. The zero-order valence-electron chi connectivity index (χ0n) is 10.4. The number of fused-ring (bicyclic) bond motifs is 1. The Morgan fingerprint density at radius 1 is 1.00 bits per heavy atom. The molecule has 0 aliphatic heterocycles. The number of nitrogens with zero attached hydrogens (tertiary/aromatic N) is 2. The lowest BCUT2D eigenvalue weighted by molar-refractivity contribution is 0.955. The Hall–Kier alpha value is -2.62. The van der Waals surface area contributed by atoms with Gasteiger partial charge in [0.2, 0.25) is 0 Å². The van der Waals surface area contributed by atoms with Gasteiger partial charge in [0.1, 0.15) is 11.6 Å². The lowest BCUT2D eigenvalue weighted by atomic mass is 10.1. The summed E-state index contributed by atoms with van der Waals surface area (Å²) >= 11 is 0. The molecular weight excluding hydrogens is 236 g/mol. The van der Waals surface area contributed by atoms with Crippen molar-refractivity contribution >= 4 is 22.3 Å². The van der Waals surface area contributed by atoms with Crippen LogP contribution in [0.1, 0.15) is 5.82 Å². The predicted molar refractivity (Wildman–Crippen MR) is 77.7 cm³/mol.